The minimum Gasteiger partial charge on any atom is -0.378 e. The monoisotopic (exact) mass is 398 g/mol. The first-order chi connectivity index (χ1) is 11.0. The standard InChI is InChI=1S/C9H15BrO.C9H9ClN2/c1-4-5-9(10)7-6-8(2)11-3;1-7-8(6-10)11-9-4-2-3-5-12(7)9/h5-8H,4H2,1-3H3;2-5H,6H2,1H3/b7-6-,9-5+;. The highest BCUT2D eigenvalue weighted by molar-refractivity contribution is 9.11. The van der Waals surface area contributed by atoms with E-state index in [1.54, 1.807) is 7.11 Å². The summed E-state index contributed by atoms with van der Waals surface area (Å²) in [7, 11) is 1.70. The lowest BCUT2D eigenvalue weighted by molar-refractivity contribution is 0.156. The van der Waals surface area contributed by atoms with Gasteiger partial charge in [-0.15, -0.1) is 11.6 Å². The minimum atomic E-state index is 0.188. The van der Waals surface area contributed by atoms with Crippen molar-refractivity contribution < 1.29 is 4.74 Å². The quantitative estimate of drug-likeness (QED) is 0.480. The Morgan fingerprint density at radius 2 is 2.22 bits per heavy atom. The lowest BCUT2D eigenvalue weighted by atomic mass is 10.3. The van der Waals surface area contributed by atoms with Gasteiger partial charge in [0.15, 0.2) is 0 Å². The molecule has 23 heavy (non-hydrogen) atoms. The predicted octanol–water partition coefficient (Wildman–Crippen LogP) is 5.65. The normalized spacial score (nSPS) is 13.2. The molecule has 2 aromatic heterocycles. The van der Waals surface area contributed by atoms with Crippen molar-refractivity contribution in [1.29, 1.82) is 0 Å². The van der Waals surface area contributed by atoms with Crippen LogP contribution in [0.15, 0.2) is 47.1 Å². The van der Waals surface area contributed by atoms with Crippen LogP contribution >= 0.6 is 27.5 Å². The Morgan fingerprint density at radius 1 is 1.48 bits per heavy atom. The minimum absolute atomic E-state index is 0.188. The molecule has 0 aromatic carbocycles. The van der Waals surface area contributed by atoms with Gasteiger partial charge in [0.2, 0.25) is 0 Å². The molecule has 0 N–H and O–H groups in total. The van der Waals surface area contributed by atoms with Crippen molar-refractivity contribution in [2.75, 3.05) is 7.11 Å². The summed E-state index contributed by atoms with van der Waals surface area (Å²) in [6, 6.07) is 5.93. The van der Waals surface area contributed by atoms with Crippen LogP contribution in [0.3, 0.4) is 0 Å². The number of methoxy groups -OCH3 is 1. The van der Waals surface area contributed by atoms with Crippen LogP contribution in [-0.2, 0) is 10.6 Å². The van der Waals surface area contributed by atoms with Crippen molar-refractivity contribution >= 4 is 33.2 Å². The van der Waals surface area contributed by atoms with Crippen molar-refractivity contribution in [3.05, 3.63) is 58.5 Å². The number of alkyl halides is 1. The number of pyridine rings is 1. The number of ether oxygens (including phenoxy) is 1. The molecule has 0 radical (unpaired) electrons. The van der Waals surface area contributed by atoms with Crippen LogP contribution in [0.5, 0.6) is 0 Å². The first-order valence-corrected chi connectivity index (χ1v) is 8.91. The largest absolute Gasteiger partial charge is 0.378 e. The summed E-state index contributed by atoms with van der Waals surface area (Å²) < 4.78 is 8.20. The summed E-state index contributed by atoms with van der Waals surface area (Å²) in [5, 5.41) is 0. The number of imidazole rings is 1. The van der Waals surface area contributed by atoms with Crippen LogP contribution in [0, 0.1) is 6.92 Å². The molecule has 5 heteroatoms. The number of hydrogen-bond donors (Lipinski definition) is 0. The summed E-state index contributed by atoms with van der Waals surface area (Å²) in [5.74, 6) is 0.480. The first-order valence-electron chi connectivity index (χ1n) is 7.58. The van der Waals surface area contributed by atoms with E-state index in [-0.39, 0.29) is 6.10 Å². The van der Waals surface area contributed by atoms with Gasteiger partial charge in [0, 0.05) is 23.5 Å². The zero-order valence-electron chi connectivity index (χ0n) is 14.1. The van der Waals surface area contributed by atoms with Crippen LogP contribution in [0.25, 0.3) is 5.65 Å². The lowest BCUT2D eigenvalue weighted by Crippen LogP contribution is -1.98. The molecule has 0 aliphatic heterocycles. The maximum Gasteiger partial charge on any atom is 0.137 e. The molecule has 0 aliphatic carbocycles. The van der Waals surface area contributed by atoms with Crippen molar-refractivity contribution in [1.82, 2.24) is 9.38 Å². The molecule has 1 unspecified atom stereocenters. The Bertz CT molecular complexity index is 664. The average Bonchev–Trinajstić information content (AvgIpc) is 2.90. The summed E-state index contributed by atoms with van der Waals surface area (Å²) in [4.78, 5) is 4.36. The molecule has 0 spiro atoms. The van der Waals surface area contributed by atoms with E-state index in [2.05, 4.69) is 33.9 Å². The van der Waals surface area contributed by atoms with Gasteiger partial charge in [-0.25, -0.2) is 4.98 Å². The molecule has 0 amide bonds. The van der Waals surface area contributed by atoms with Crippen LogP contribution in [0.4, 0.5) is 0 Å². The summed E-state index contributed by atoms with van der Waals surface area (Å²) in [5.41, 5.74) is 3.05. The van der Waals surface area contributed by atoms with E-state index in [0.29, 0.717) is 5.88 Å². The number of rotatable bonds is 5. The van der Waals surface area contributed by atoms with Gasteiger partial charge in [-0.1, -0.05) is 41.1 Å². The Balaban J connectivity index is 0.000000232. The predicted molar refractivity (Wildman–Crippen MR) is 102 cm³/mol. The summed E-state index contributed by atoms with van der Waals surface area (Å²) in [6.07, 6.45) is 9.36. The molecule has 126 valence electrons. The molecule has 0 saturated heterocycles. The van der Waals surface area contributed by atoms with Crippen molar-refractivity contribution in [2.24, 2.45) is 0 Å². The van der Waals surface area contributed by atoms with Crippen LogP contribution in [0.2, 0.25) is 0 Å². The Labute approximate surface area is 152 Å². The van der Waals surface area contributed by atoms with Crippen molar-refractivity contribution in [3.8, 4) is 0 Å². The topological polar surface area (TPSA) is 26.5 Å². The van der Waals surface area contributed by atoms with E-state index < -0.39 is 0 Å². The number of nitrogens with zero attached hydrogens (tertiary/aromatic N) is 2. The number of hydrogen-bond acceptors (Lipinski definition) is 2. The number of allylic oxidation sites excluding steroid dienone is 3. The van der Waals surface area contributed by atoms with Gasteiger partial charge >= 0.3 is 0 Å². The zero-order valence-corrected chi connectivity index (χ0v) is 16.4. The van der Waals surface area contributed by atoms with Crippen LogP contribution in [0.1, 0.15) is 31.7 Å². The highest BCUT2D eigenvalue weighted by Gasteiger charge is 2.04. The molecule has 1 atom stereocenters. The first kappa shape index (κ1) is 19.9. The molecule has 2 rings (SSSR count). The second-order valence-electron chi connectivity index (χ2n) is 5.00. The van der Waals surface area contributed by atoms with Gasteiger partial charge in [-0.3, -0.25) is 0 Å². The lowest BCUT2D eigenvalue weighted by Gasteiger charge is -2.00. The third-order valence-corrected chi connectivity index (χ3v) is 4.13. The summed E-state index contributed by atoms with van der Waals surface area (Å²) >= 11 is 9.14. The Kier molecular flexibility index (Phi) is 9.22. The number of fused-ring (bicyclic) bond motifs is 1. The van der Waals surface area contributed by atoms with Crippen LogP contribution in [-0.4, -0.2) is 22.6 Å². The molecular weight excluding hydrogens is 376 g/mol. The van der Waals surface area contributed by atoms with Gasteiger partial charge in [0.1, 0.15) is 5.65 Å². The highest BCUT2D eigenvalue weighted by atomic mass is 79.9. The maximum atomic E-state index is 5.73. The van der Waals surface area contributed by atoms with E-state index >= 15 is 0 Å². The Morgan fingerprint density at radius 3 is 2.78 bits per heavy atom. The van der Waals surface area contributed by atoms with E-state index in [1.165, 1.54) is 0 Å². The van der Waals surface area contributed by atoms with Gasteiger partial charge < -0.3 is 9.14 Å². The molecule has 0 saturated carbocycles. The highest BCUT2D eigenvalue weighted by Crippen LogP contribution is 2.12. The van der Waals surface area contributed by atoms with E-state index in [4.69, 9.17) is 16.3 Å². The van der Waals surface area contributed by atoms with E-state index in [0.717, 1.165) is 27.9 Å². The third-order valence-electron chi connectivity index (χ3n) is 3.29. The van der Waals surface area contributed by atoms with Gasteiger partial charge in [0.05, 0.1) is 17.7 Å². The third kappa shape index (κ3) is 6.50. The zero-order chi connectivity index (χ0) is 17.2. The smallest absolute Gasteiger partial charge is 0.137 e. The second kappa shape index (κ2) is 10.6. The molecule has 2 heterocycles. The molecule has 0 aliphatic rings. The SMILES string of the molecule is CC/C=C(Br)\C=C/C(C)OC.Cc1c(CCl)nc2ccccn12. The van der Waals surface area contributed by atoms with Gasteiger partial charge in [0.25, 0.3) is 0 Å². The van der Waals surface area contributed by atoms with Gasteiger partial charge in [-0.05, 0) is 38.5 Å². The number of halogens is 2. The van der Waals surface area contributed by atoms with E-state index in [9.17, 15) is 0 Å². The van der Waals surface area contributed by atoms with Crippen LogP contribution < -0.4 is 0 Å². The molecule has 3 nitrogen and oxygen atoms in total. The van der Waals surface area contributed by atoms with Crippen molar-refractivity contribution in [3.63, 3.8) is 0 Å². The fraction of sp³-hybridized carbons (Fsp3) is 0.389. The molecule has 2 aromatic rings. The number of aryl methyl sites for hydroxylation is 1. The fourth-order valence-corrected chi connectivity index (χ4v) is 2.59. The van der Waals surface area contributed by atoms with E-state index in [1.807, 2.05) is 54.8 Å². The van der Waals surface area contributed by atoms with Crippen molar-refractivity contribution in [2.45, 2.75) is 39.2 Å². The molecular formula is C18H24BrClN2O. The average molecular weight is 400 g/mol. The fourth-order valence-electron chi connectivity index (χ4n) is 1.86. The molecule has 0 bridgehead atoms. The summed E-state index contributed by atoms with van der Waals surface area (Å²) in [6.45, 7) is 6.13. The number of aromatic nitrogens is 2. The Hall–Kier alpha value is -1.10. The van der Waals surface area contributed by atoms with Gasteiger partial charge in [-0.2, -0.15) is 0 Å². The second-order valence-corrected chi connectivity index (χ2v) is 6.19. The maximum absolute atomic E-state index is 5.73. The molecule has 0 fully saturated rings.